The lowest BCUT2D eigenvalue weighted by molar-refractivity contribution is -0.147. The zero-order chi connectivity index (χ0) is 17.8. The van der Waals surface area contributed by atoms with E-state index in [9.17, 15) is 14.7 Å². The molecule has 0 spiro atoms. The van der Waals surface area contributed by atoms with Crippen LogP contribution in [0.5, 0.6) is 0 Å². The Hall–Kier alpha value is -2.73. The highest BCUT2D eigenvalue weighted by Crippen LogP contribution is 2.40. The van der Waals surface area contributed by atoms with E-state index in [-0.39, 0.29) is 36.4 Å². The molecule has 1 aliphatic rings. The van der Waals surface area contributed by atoms with Crippen molar-refractivity contribution >= 4 is 11.8 Å². The molecule has 130 valence electrons. The molecule has 0 saturated carbocycles. The van der Waals surface area contributed by atoms with Gasteiger partial charge in [-0.1, -0.05) is 30.3 Å². The van der Waals surface area contributed by atoms with Crippen molar-refractivity contribution < 1.29 is 14.7 Å². The van der Waals surface area contributed by atoms with Crippen LogP contribution in [0, 0.1) is 0 Å². The van der Waals surface area contributed by atoms with Crippen LogP contribution in [0.25, 0.3) is 0 Å². The smallest absolute Gasteiger partial charge is 0.251 e. The molecule has 25 heavy (non-hydrogen) atoms. The lowest BCUT2D eigenvalue weighted by Gasteiger charge is -2.54. The molecule has 0 bridgehead atoms. The van der Waals surface area contributed by atoms with Crippen molar-refractivity contribution in [3.05, 3.63) is 66.0 Å². The van der Waals surface area contributed by atoms with Crippen LogP contribution in [0.15, 0.2) is 54.9 Å². The molecule has 0 aliphatic carbocycles. The average Bonchev–Trinajstić information content (AvgIpc) is 2.62. The molecule has 0 radical (unpaired) electrons. The molecule has 1 aromatic heterocycles. The fourth-order valence-electron chi connectivity index (χ4n) is 3.56. The normalized spacial score (nSPS) is 22.2. The second-order valence-corrected chi connectivity index (χ2v) is 6.13. The molecule has 1 fully saturated rings. The highest BCUT2D eigenvalue weighted by atomic mass is 16.3. The van der Waals surface area contributed by atoms with Crippen LogP contribution in [0.1, 0.15) is 28.8 Å². The van der Waals surface area contributed by atoms with E-state index < -0.39 is 0 Å². The Morgan fingerprint density at radius 1 is 1.12 bits per heavy atom. The summed E-state index contributed by atoms with van der Waals surface area (Å²) in [7, 11) is 0. The molecule has 2 aromatic rings. The minimum absolute atomic E-state index is 0.00663. The summed E-state index contributed by atoms with van der Waals surface area (Å²) in [5.41, 5.74) is 1.58. The van der Waals surface area contributed by atoms with Crippen molar-refractivity contribution in [3.63, 3.8) is 0 Å². The molecular formula is C19H21N3O3. The third-order valence-corrected chi connectivity index (χ3v) is 4.69. The fraction of sp³-hybridized carbons (Fsp3) is 0.316. The third-order valence-electron chi connectivity index (χ3n) is 4.69. The predicted octanol–water partition coefficient (Wildman–Crippen LogP) is 1.19. The lowest BCUT2D eigenvalue weighted by atomic mass is 9.75. The number of rotatable bonds is 5. The number of nitrogens with one attached hydrogen (secondary N) is 1. The van der Waals surface area contributed by atoms with Crippen LogP contribution in [0.3, 0.4) is 0 Å². The Balaban J connectivity index is 1.76. The number of amides is 2. The first-order valence-electron chi connectivity index (χ1n) is 8.26. The van der Waals surface area contributed by atoms with Crippen LogP contribution < -0.4 is 5.32 Å². The average molecular weight is 339 g/mol. The van der Waals surface area contributed by atoms with Gasteiger partial charge >= 0.3 is 0 Å². The van der Waals surface area contributed by atoms with E-state index in [1.165, 1.54) is 6.92 Å². The quantitative estimate of drug-likeness (QED) is 0.857. The SMILES string of the molecule is CC(=O)N1[C@H](CO)[C@H](c2ccccc2)[C@H]1CNC(=O)c1ccncc1. The first-order chi connectivity index (χ1) is 12.1. The van der Waals surface area contributed by atoms with Gasteiger partial charge in [0.05, 0.1) is 18.7 Å². The zero-order valence-electron chi connectivity index (χ0n) is 14.0. The van der Waals surface area contributed by atoms with E-state index in [0.29, 0.717) is 12.1 Å². The highest BCUT2D eigenvalue weighted by molar-refractivity contribution is 5.94. The maximum atomic E-state index is 12.3. The Kier molecular flexibility index (Phi) is 5.09. The Morgan fingerprint density at radius 2 is 1.80 bits per heavy atom. The van der Waals surface area contributed by atoms with Gasteiger partial charge in [0.25, 0.3) is 5.91 Å². The monoisotopic (exact) mass is 339 g/mol. The van der Waals surface area contributed by atoms with Gasteiger partial charge in [0.2, 0.25) is 5.91 Å². The minimum atomic E-state index is -0.261. The summed E-state index contributed by atoms with van der Waals surface area (Å²) in [6, 6.07) is 12.6. The van der Waals surface area contributed by atoms with E-state index in [0.717, 1.165) is 5.56 Å². The van der Waals surface area contributed by atoms with E-state index >= 15 is 0 Å². The first kappa shape index (κ1) is 17.1. The summed E-state index contributed by atoms with van der Waals surface area (Å²) in [4.78, 5) is 29.8. The first-order valence-corrected chi connectivity index (χ1v) is 8.26. The number of likely N-dealkylation sites (tertiary alicyclic amines) is 1. The van der Waals surface area contributed by atoms with Gasteiger partial charge in [0.1, 0.15) is 0 Å². The van der Waals surface area contributed by atoms with Crippen LogP contribution >= 0.6 is 0 Å². The van der Waals surface area contributed by atoms with Crippen molar-refractivity contribution in [2.75, 3.05) is 13.2 Å². The number of hydrogen-bond donors (Lipinski definition) is 2. The summed E-state index contributed by atoms with van der Waals surface area (Å²) in [5.74, 6) is -0.313. The van der Waals surface area contributed by atoms with E-state index in [1.54, 1.807) is 29.4 Å². The Morgan fingerprint density at radius 3 is 2.40 bits per heavy atom. The van der Waals surface area contributed by atoms with Crippen LogP contribution in [0.2, 0.25) is 0 Å². The topological polar surface area (TPSA) is 82.5 Å². The van der Waals surface area contributed by atoms with Gasteiger partial charge in [0, 0.05) is 37.3 Å². The van der Waals surface area contributed by atoms with Crippen molar-refractivity contribution in [1.82, 2.24) is 15.2 Å². The summed E-state index contributed by atoms with van der Waals surface area (Å²) in [5, 5.41) is 12.6. The number of carbonyl (C=O) groups excluding carboxylic acids is 2. The maximum absolute atomic E-state index is 12.3. The number of nitrogens with zero attached hydrogens (tertiary/aromatic N) is 2. The largest absolute Gasteiger partial charge is 0.394 e. The third kappa shape index (κ3) is 3.39. The maximum Gasteiger partial charge on any atom is 0.251 e. The van der Waals surface area contributed by atoms with Crippen LogP contribution in [-0.4, -0.2) is 52.0 Å². The van der Waals surface area contributed by atoms with Crippen LogP contribution in [0.4, 0.5) is 0 Å². The molecular weight excluding hydrogens is 318 g/mol. The fourth-order valence-corrected chi connectivity index (χ4v) is 3.56. The summed E-state index contributed by atoms with van der Waals surface area (Å²) in [6.45, 7) is 1.71. The van der Waals surface area contributed by atoms with Gasteiger partial charge in [-0.15, -0.1) is 0 Å². The number of aliphatic hydroxyl groups is 1. The lowest BCUT2D eigenvalue weighted by Crippen LogP contribution is -2.68. The van der Waals surface area contributed by atoms with Crippen LogP contribution in [-0.2, 0) is 4.79 Å². The number of hydrogen-bond acceptors (Lipinski definition) is 4. The van der Waals surface area contributed by atoms with Crippen molar-refractivity contribution in [2.45, 2.75) is 24.9 Å². The van der Waals surface area contributed by atoms with Gasteiger partial charge in [-0.25, -0.2) is 0 Å². The number of aromatic nitrogens is 1. The predicted molar refractivity (Wildman–Crippen MR) is 92.9 cm³/mol. The van der Waals surface area contributed by atoms with Crippen molar-refractivity contribution in [2.24, 2.45) is 0 Å². The summed E-state index contributed by atoms with van der Waals surface area (Å²) < 4.78 is 0. The highest BCUT2D eigenvalue weighted by Gasteiger charge is 2.49. The van der Waals surface area contributed by atoms with Gasteiger partial charge in [-0.2, -0.15) is 0 Å². The van der Waals surface area contributed by atoms with Gasteiger partial charge in [-0.05, 0) is 17.7 Å². The number of pyridine rings is 1. The summed E-state index contributed by atoms with van der Waals surface area (Å²) >= 11 is 0. The number of aliphatic hydroxyl groups excluding tert-OH is 1. The number of carbonyl (C=O) groups is 2. The number of benzene rings is 1. The molecule has 2 N–H and O–H groups in total. The molecule has 1 aromatic carbocycles. The zero-order valence-corrected chi connectivity index (χ0v) is 14.0. The molecule has 2 amide bonds. The van der Waals surface area contributed by atoms with E-state index in [1.807, 2.05) is 30.3 Å². The van der Waals surface area contributed by atoms with Crippen molar-refractivity contribution in [1.29, 1.82) is 0 Å². The molecule has 6 heteroatoms. The minimum Gasteiger partial charge on any atom is -0.394 e. The molecule has 0 unspecified atom stereocenters. The van der Waals surface area contributed by atoms with Gasteiger partial charge < -0.3 is 15.3 Å². The van der Waals surface area contributed by atoms with Gasteiger partial charge in [-0.3, -0.25) is 14.6 Å². The van der Waals surface area contributed by atoms with E-state index in [4.69, 9.17) is 0 Å². The molecule has 2 heterocycles. The van der Waals surface area contributed by atoms with Crippen molar-refractivity contribution in [3.8, 4) is 0 Å². The second-order valence-electron chi connectivity index (χ2n) is 6.13. The Bertz CT molecular complexity index is 736. The molecule has 1 aliphatic heterocycles. The molecule has 3 rings (SSSR count). The summed E-state index contributed by atoms with van der Waals surface area (Å²) in [6.07, 6.45) is 3.13. The molecule has 3 atom stereocenters. The standard InChI is InChI=1S/C19H21N3O3/c1-13(24)22-16(11-21-19(25)15-7-9-20-10-8-15)18(17(22)12-23)14-5-3-2-4-6-14/h2-10,16-18,23H,11-12H2,1H3,(H,21,25)/t16-,17-,18-/m1/s1. The van der Waals surface area contributed by atoms with Gasteiger partial charge in [0.15, 0.2) is 0 Å². The molecule has 1 saturated heterocycles. The Labute approximate surface area is 146 Å². The van der Waals surface area contributed by atoms with E-state index in [2.05, 4.69) is 10.3 Å². The second kappa shape index (κ2) is 7.44. The molecule has 6 nitrogen and oxygen atoms in total.